The molecule has 5 nitrogen and oxygen atoms in total. The Morgan fingerprint density at radius 1 is 1.55 bits per heavy atom. The van der Waals surface area contributed by atoms with Gasteiger partial charge in [0.1, 0.15) is 6.04 Å². The molecule has 116 valence electrons. The van der Waals surface area contributed by atoms with Gasteiger partial charge in [-0.05, 0) is 26.3 Å². The van der Waals surface area contributed by atoms with Crippen molar-refractivity contribution in [3.05, 3.63) is 0 Å². The second-order valence-electron chi connectivity index (χ2n) is 5.87. The van der Waals surface area contributed by atoms with Gasteiger partial charge in [-0.15, -0.1) is 0 Å². The minimum absolute atomic E-state index is 0.0563. The van der Waals surface area contributed by atoms with Crippen LogP contribution in [0.3, 0.4) is 0 Å². The molecule has 1 unspecified atom stereocenters. The van der Waals surface area contributed by atoms with Gasteiger partial charge in [0.2, 0.25) is 5.91 Å². The van der Waals surface area contributed by atoms with Crippen molar-refractivity contribution >= 4 is 23.1 Å². The number of morpholine rings is 1. The standard InChI is InChI=1S/C14H27N3O2S/c1-4-16-12(18)11-10-19-9-8-17(11)7-5-6-14(2,3)13(15)20/h11H,4-10H2,1-3H3,(H2,15,20)(H,16,18). The quantitative estimate of drug-likeness (QED) is 0.684. The fourth-order valence-electron chi connectivity index (χ4n) is 2.29. The highest BCUT2D eigenvalue weighted by Gasteiger charge is 2.29. The monoisotopic (exact) mass is 301 g/mol. The second-order valence-corrected chi connectivity index (χ2v) is 6.31. The molecule has 0 aromatic carbocycles. The largest absolute Gasteiger partial charge is 0.393 e. The Labute approximate surface area is 127 Å². The summed E-state index contributed by atoms with van der Waals surface area (Å²) in [6.07, 6.45) is 1.90. The first-order chi connectivity index (χ1) is 9.38. The zero-order chi connectivity index (χ0) is 15.2. The van der Waals surface area contributed by atoms with E-state index in [4.69, 9.17) is 22.7 Å². The number of nitrogens with one attached hydrogen (secondary N) is 1. The van der Waals surface area contributed by atoms with E-state index in [0.717, 1.165) is 25.9 Å². The van der Waals surface area contributed by atoms with Gasteiger partial charge in [0.25, 0.3) is 0 Å². The first-order valence-corrected chi connectivity index (χ1v) is 7.68. The van der Waals surface area contributed by atoms with Crippen molar-refractivity contribution < 1.29 is 9.53 Å². The van der Waals surface area contributed by atoms with Crippen LogP contribution in [0.4, 0.5) is 0 Å². The summed E-state index contributed by atoms with van der Waals surface area (Å²) in [4.78, 5) is 14.8. The van der Waals surface area contributed by atoms with E-state index in [1.54, 1.807) is 0 Å². The highest BCUT2D eigenvalue weighted by atomic mass is 32.1. The summed E-state index contributed by atoms with van der Waals surface area (Å²) >= 11 is 5.08. The molecule has 1 saturated heterocycles. The Morgan fingerprint density at radius 3 is 2.85 bits per heavy atom. The average Bonchev–Trinajstić information content (AvgIpc) is 2.39. The Hall–Kier alpha value is -0.720. The molecule has 3 N–H and O–H groups in total. The van der Waals surface area contributed by atoms with Crippen molar-refractivity contribution in [3.63, 3.8) is 0 Å². The third-order valence-corrected chi connectivity index (χ3v) is 4.36. The number of rotatable bonds is 7. The van der Waals surface area contributed by atoms with Crippen LogP contribution < -0.4 is 11.1 Å². The Kier molecular flexibility index (Phi) is 6.85. The Balaban J connectivity index is 2.47. The number of carbonyl (C=O) groups is 1. The van der Waals surface area contributed by atoms with Crippen LogP contribution >= 0.6 is 12.2 Å². The summed E-state index contributed by atoms with van der Waals surface area (Å²) in [5.41, 5.74) is 5.62. The van der Waals surface area contributed by atoms with Crippen molar-refractivity contribution in [2.75, 3.05) is 32.8 Å². The number of nitrogens with two attached hydrogens (primary N) is 1. The van der Waals surface area contributed by atoms with Crippen LogP contribution in [0.25, 0.3) is 0 Å². The van der Waals surface area contributed by atoms with Gasteiger partial charge >= 0.3 is 0 Å². The van der Waals surface area contributed by atoms with E-state index >= 15 is 0 Å². The molecule has 0 bridgehead atoms. The number of hydrogen-bond acceptors (Lipinski definition) is 4. The molecule has 0 radical (unpaired) electrons. The lowest BCUT2D eigenvalue weighted by Gasteiger charge is -2.35. The zero-order valence-corrected chi connectivity index (χ0v) is 13.6. The molecule has 20 heavy (non-hydrogen) atoms. The molecule has 0 spiro atoms. The third kappa shape index (κ3) is 5.00. The third-order valence-electron chi connectivity index (χ3n) is 3.81. The van der Waals surface area contributed by atoms with Crippen LogP contribution in [0.15, 0.2) is 0 Å². The Morgan fingerprint density at radius 2 is 2.25 bits per heavy atom. The van der Waals surface area contributed by atoms with Crippen LogP contribution in [0.2, 0.25) is 0 Å². The number of nitrogens with zero attached hydrogens (tertiary/aromatic N) is 1. The molecule has 1 fully saturated rings. The van der Waals surface area contributed by atoms with E-state index in [0.29, 0.717) is 24.7 Å². The molecule has 0 saturated carbocycles. The fourth-order valence-corrected chi connectivity index (χ4v) is 2.39. The minimum atomic E-state index is -0.170. The van der Waals surface area contributed by atoms with E-state index in [9.17, 15) is 4.79 Å². The number of hydrogen-bond donors (Lipinski definition) is 2. The first-order valence-electron chi connectivity index (χ1n) is 7.28. The van der Waals surface area contributed by atoms with Crippen LogP contribution in [0, 0.1) is 5.41 Å². The molecule has 0 aliphatic carbocycles. The molecular weight excluding hydrogens is 274 g/mol. The molecule has 6 heteroatoms. The van der Waals surface area contributed by atoms with Gasteiger partial charge in [0.05, 0.1) is 18.2 Å². The van der Waals surface area contributed by atoms with Gasteiger partial charge < -0.3 is 15.8 Å². The van der Waals surface area contributed by atoms with Gasteiger partial charge in [-0.3, -0.25) is 9.69 Å². The summed E-state index contributed by atoms with van der Waals surface area (Å²) in [6.45, 7) is 9.55. The lowest BCUT2D eigenvalue weighted by atomic mass is 9.88. The van der Waals surface area contributed by atoms with E-state index < -0.39 is 0 Å². The maximum Gasteiger partial charge on any atom is 0.239 e. The maximum absolute atomic E-state index is 12.0. The SMILES string of the molecule is CCNC(=O)C1COCCN1CCCC(C)(C)C(N)=S. The number of thiocarbonyl (C=S) groups is 1. The molecule has 1 aliphatic heterocycles. The summed E-state index contributed by atoms with van der Waals surface area (Å²) in [5, 5.41) is 2.87. The fraction of sp³-hybridized carbons (Fsp3) is 0.857. The van der Waals surface area contributed by atoms with E-state index in [2.05, 4.69) is 24.1 Å². The predicted octanol–water partition coefficient (Wildman–Crippen LogP) is 0.916. The topological polar surface area (TPSA) is 67.6 Å². The maximum atomic E-state index is 12.0. The molecule has 1 aliphatic rings. The van der Waals surface area contributed by atoms with E-state index in [-0.39, 0.29) is 17.4 Å². The molecule has 1 atom stereocenters. The number of ether oxygens (including phenoxy) is 1. The van der Waals surface area contributed by atoms with Crippen molar-refractivity contribution in [1.82, 2.24) is 10.2 Å². The number of likely N-dealkylation sites (N-methyl/N-ethyl adjacent to an activating group) is 1. The minimum Gasteiger partial charge on any atom is -0.393 e. The summed E-state index contributed by atoms with van der Waals surface area (Å²) in [6, 6.07) is -0.170. The van der Waals surface area contributed by atoms with Gasteiger partial charge in [0, 0.05) is 18.5 Å². The van der Waals surface area contributed by atoms with Gasteiger partial charge in [-0.1, -0.05) is 26.1 Å². The molecule has 0 aromatic rings. The predicted molar refractivity (Wildman–Crippen MR) is 84.7 cm³/mol. The molecular formula is C14H27N3O2S. The average molecular weight is 301 g/mol. The smallest absolute Gasteiger partial charge is 0.239 e. The van der Waals surface area contributed by atoms with Crippen LogP contribution in [0.5, 0.6) is 0 Å². The van der Waals surface area contributed by atoms with Crippen LogP contribution in [-0.2, 0) is 9.53 Å². The summed E-state index contributed by atoms with van der Waals surface area (Å²) in [7, 11) is 0. The van der Waals surface area contributed by atoms with Crippen molar-refractivity contribution in [2.45, 2.75) is 39.7 Å². The van der Waals surface area contributed by atoms with Crippen LogP contribution in [-0.4, -0.2) is 54.7 Å². The lowest BCUT2D eigenvalue weighted by Crippen LogP contribution is -2.54. The molecule has 1 rings (SSSR count). The van der Waals surface area contributed by atoms with Crippen molar-refractivity contribution in [1.29, 1.82) is 0 Å². The van der Waals surface area contributed by atoms with Gasteiger partial charge in [0.15, 0.2) is 0 Å². The first kappa shape index (κ1) is 17.3. The molecule has 1 heterocycles. The van der Waals surface area contributed by atoms with Crippen molar-refractivity contribution in [3.8, 4) is 0 Å². The molecule has 0 aromatic heterocycles. The zero-order valence-electron chi connectivity index (χ0n) is 12.8. The molecule has 1 amide bonds. The highest BCUT2D eigenvalue weighted by molar-refractivity contribution is 7.80. The highest BCUT2D eigenvalue weighted by Crippen LogP contribution is 2.23. The normalized spacial score (nSPS) is 20.6. The summed E-state index contributed by atoms with van der Waals surface area (Å²) < 4.78 is 5.42. The van der Waals surface area contributed by atoms with Crippen LogP contribution in [0.1, 0.15) is 33.6 Å². The van der Waals surface area contributed by atoms with Crippen molar-refractivity contribution in [2.24, 2.45) is 11.1 Å². The number of amides is 1. The Bertz CT molecular complexity index is 347. The number of carbonyl (C=O) groups excluding carboxylic acids is 1. The lowest BCUT2D eigenvalue weighted by molar-refractivity contribution is -0.132. The van der Waals surface area contributed by atoms with E-state index in [1.165, 1.54) is 0 Å². The van der Waals surface area contributed by atoms with E-state index in [1.807, 2.05) is 6.92 Å². The second kappa shape index (κ2) is 7.90. The summed E-state index contributed by atoms with van der Waals surface area (Å²) in [5.74, 6) is 0.0563. The van der Waals surface area contributed by atoms with Gasteiger partial charge in [-0.2, -0.15) is 0 Å². The van der Waals surface area contributed by atoms with Gasteiger partial charge in [-0.25, -0.2) is 0 Å².